The lowest BCUT2D eigenvalue weighted by Gasteiger charge is -2.16. The summed E-state index contributed by atoms with van der Waals surface area (Å²) >= 11 is 3.42. The first-order valence-corrected chi connectivity index (χ1v) is 7.18. The normalized spacial score (nSPS) is 12.2. The third kappa shape index (κ3) is 3.19. The van der Waals surface area contributed by atoms with Crippen LogP contribution in [-0.4, -0.2) is 11.7 Å². The monoisotopic (exact) mass is 338 g/mol. The molecule has 2 nitrogen and oxygen atoms in total. The molecule has 0 amide bonds. The van der Waals surface area contributed by atoms with Gasteiger partial charge in [-0.15, -0.1) is 0 Å². The molecular formula is C16H16BrFO2. The molecule has 0 spiro atoms. The van der Waals surface area contributed by atoms with Crippen LogP contribution >= 0.6 is 15.9 Å². The van der Waals surface area contributed by atoms with Crippen LogP contribution in [0.5, 0.6) is 5.75 Å². The number of ether oxygens (including phenoxy) is 1. The van der Waals surface area contributed by atoms with Gasteiger partial charge in [0.05, 0.1) is 6.61 Å². The van der Waals surface area contributed by atoms with Gasteiger partial charge in [0, 0.05) is 4.47 Å². The van der Waals surface area contributed by atoms with Crippen molar-refractivity contribution in [2.24, 2.45) is 0 Å². The Balaban J connectivity index is 2.38. The minimum atomic E-state index is -0.879. The van der Waals surface area contributed by atoms with Gasteiger partial charge in [-0.25, -0.2) is 4.39 Å². The van der Waals surface area contributed by atoms with Gasteiger partial charge >= 0.3 is 0 Å². The van der Waals surface area contributed by atoms with Crippen LogP contribution in [0, 0.1) is 12.7 Å². The molecule has 106 valence electrons. The van der Waals surface area contributed by atoms with Crippen molar-refractivity contribution in [3.05, 3.63) is 63.4 Å². The average Bonchev–Trinajstić information content (AvgIpc) is 2.41. The first kappa shape index (κ1) is 15.0. The summed E-state index contributed by atoms with van der Waals surface area (Å²) in [4.78, 5) is 0. The number of hydrogen-bond acceptors (Lipinski definition) is 2. The van der Waals surface area contributed by atoms with Crippen LogP contribution < -0.4 is 4.74 Å². The maximum atomic E-state index is 13.3. The summed E-state index contributed by atoms with van der Waals surface area (Å²) in [5.74, 6) is 0.373. The van der Waals surface area contributed by atoms with Crippen LogP contribution in [0.15, 0.2) is 40.9 Å². The van der Waals surface area contributed by atoms with Crippen LogP contribution in [-0.2, 0) is 0 Å². The van der Waals surface area contributed by atoms with E-state index in [1.165, 1.54) is 12.1 Å². The van der Waals surface area contributed by atoms with Crippen molar-refractivity contribution >= 4 is 15.9 Å². The van der Waals surface area contributed by atoms with E-state index in [1.54, 1.807) is 24.3 Å². The van der Waals surface area contributed by atoms with Gasteiger partial charge in [0.2, 0.25) is 0 Å². The lowest BCUT2D eigenvalue weighted by atomic mass is 9.97. The number of hydrogen-bond donors (Lipinski definition) is 1. The lowest BCUT2D eigenvalue weighted by molar-refractivity contribution is 0.218. The van der Waals surface area contributed by atoms with E-state index in [0.29, 0.717) is 17.7 Å². The summed E-state index contributed by atoms with van der Waals surface area (Å²) in [6.07, 6.45) is -0.879. The molecule has 0 aromatic heterocycles. The second kappa shape index (κ2) is 6.37. The molecular weight excluding hydrogens is 323 g/mol. The van der Waals surface area contributed by atoms with Crippen molar-refractivity contribution in [2.45, 2.75) is 20.0 Å². The zero-order chi connectivity index (χ0) is 14.7. The fraction of sp³-hybridized carbons (Fsp3) is 0.250. The number of benzene rings is 2. The molecule has 0 aliphatic carbocycles. The third-order valence-electron chi connectivity index (χ3n) is 3.11. The predicted octanol–water partition coefficient (Wildman–Crippen LogP) is 4.38. The highest BCUT2D eigenvalue weighted by molar-refractivity contribution is 9.10. The minimum absolute atomic E-state index is 0.355. The van der Waals surface area contributed by atoms with Crippen molar-refractivity contribution in [1.29, 1.82) is 0 Å². The predicted molar refractivity (Wildman–Crippen MR) is 80.5 cm³/mol. The second-order valence-electron chi connectivity index (χ2n) is 4.52. The Bertz CT molecular complexity index is 613. The number of aliphatic hydroxyl groups is 1. The standard InChI is InChI=1S/C16H16BrFO2/c1-3-20-12-6-7-13(15(17)9-12)16(19)14-8-11(18)5-4-10(14)2/h4-9,16,19H,3H2,1-2H3. The van der Waals surface area contributed by atoms with E-state index in [0.717, 1.165) is 15.8 Å². The van der Waals surface area contributed by atoms with Gasteiger partial charge in [-0.2, -0.15) is 0 Å². The Morgan fingerprint density at radius 2 is 1.95 bits per heavy atom. The molecule has 0 heterocycles. The van der Waals surface area contributed by atoms with Crippen LogP contribution in [0.3, 0.4) is 0 Å². The van der Waals surface area contributed by atoms with Gasteiger partial charge in [-0.3, -0.25) is 0 Å². The van der Waals surface area contributed by atoms with Crippen molar-refractivity contribution in [1.82, 2.24) is 0 Å². The molecule has 0 bridgehead atoms. The second-order valence-corrected chi connectivity index (χ2v) is 5.37. The Labute approximate surface area is 126 Å². The molecule has 4 heteroatoms. The van der Waals surface area contributed by atoms with Gasteiger partial charge < -0.3 is 9.84 Å². The van der Waals surface area contributed by atoms with E-state index < -0.39 is 6.10 Å². The molecule has 0 aliphatic heterocycles. The molecule has 1 N–H and O–H groups in total. The highest BCUT2D eigenvalue weighted by Gasteiger charge is 2.17. The molecule has 0 saturated heterocycles. The third-order valence-corrected chi connectivity index (χ3v) is 3.80. The van der Waals surface area contributed by atoms with Crippen LogP contribution in [0.1, 0.15) is 29.7 Å². The molecule has 0 aliphatic rings. The molecule has 2 rings (SSSR count). The highest BCUT2D eigenvalue weighted by Crippen LogP contribution is 2.33. The number of aryl methyl sites for hydroxylation is 1. The van der Waals surface area contributed by atoms with E-state index in [9.17, 15) is 9.50 Å². The van der Waals surface area contributed by atoms with Gasteiger partial charge in [0.25, 0.3) is 0 Å². The van der Waals surface area contributed by atoms with Crippen molar-refractivity contribution in [3.8, 4) is 5.75 Å². The van der Waals surface area contributed by atoms with Crippen LogP contribution in [0.2, 0.25) is 0 Å². The topological polar surface area (TPSA) is 29.5 Å². The Kier molecular flexibility index (Phi) is 4.78. The van der Waals surface area contributed by atoms with E-state index in [2.05, 4.69) is 15.9 Å². The SMILES string of the molecule is CCOc1ccc(C(O)c2cc(F)ccc2C)c(Br)c1. The zero-order valence-electron chi connectivity index (χ0n) is 11.4. The molecule has 2 aromatic rings. The Morgan fingerprint density at radius 1 is 1.20 bits per heavy atom. The van der Waals surface area contributed by atoms with Crippen molar-refractivity contribution < 1.29 is 14.2 Å². The summed E-state index contributed by atoms with van der Waals surface area (Å²) in [6.45, 7) is 4.34. The van der Waals surface area contributed by atoms with Gasteiger partial charge in [0.15, 0.2) is 0 Å². The average molecular weight is 339 g/mol. The quantitative estimate of drug-likeness (QED) is 0.896. The summed E-state index contributed by atoms with van der Waals surface area (Å²) in [7, 11) is 0. The molecule has 0 fully saturated rings. The first-order chi connectivity index (χ1) is 9.52. The molecule has 1 unspecified atom stereocenters. The van der Waals surface area contributed by atoms with E-state index >= 15 is 0 Å². The van der Waals surface area contributed by atoms with Crippen molar-refractivity contribution in [3.63, 3.8) is 0 Å². The lowest BCUT2D eigenvalue weighted by Crippen LogP contribution is -2.04. The highest BCUT2D eigenvalue weighted by atomic mass is 79.9. The number of halogens is 2. The van der Waals surface area contributed by atoms with Crippen molar-refractivity contribution in [2.75, 3.05) is 6.61 Å². The van der Waals surface area contributed by atoms with Gasteiger partial charge in [0.1, 0.15) is 17.7 Å². The molecule has 1 atom stereocenters. The summed E-state index contributed by atoms with van der Waals surface area (Å²) in [5.41, 5.74) is 2.09. The summed E-state index contributed by atoms with van der Waals surface area (Å²) in [6, 6.07) is 9.79. The van der Waals surface area contributed by atoms with E-state index in [4.69, 9.17) is 4.74 Å². The van der Waals surface area contributed by atoms with E-state index in [1.807, 2.05) is 13.8 Å². The van der Waals surface area contributed by atoms with Crippen LogP contribution in [0.25, 0.3) is 0 Å². The molecule has 20 heavy (non-hydrogen) atoms. The van der Waals surface area contributed by atoms with E-state index in [-0.39, 0.29) is 5.82 Å². The fourth-order valence-electron chi connectivity index (χ4n) is 2.06. The van der Waals surface area contributed by atoms with Gasteiger partial charge in [-0.05, 0) is 54.8 Å². The number of rotatable bonds is 4. The zero-order valence-corrected chi connectivity index (χ0v) is 12.9. The molecule has 0 radical (unpaired) electrons. The Hall–Kier alpha value is -1.39. The van der Waals surface area contributed by atoms with Crippen LogP contribution in [0.4, 0.5) is 4.39 Å². The largest absolute Gasteiger partial charge is 0.494 e. The number of aliphatic hydroxyl groups excluding tert-OH is 1. The summed E-state index contributed by atoms with van der Waals surface area (Å²) < 4.78 is 19.5. The van der Waals surface area contributed by atoms with Gasteiger partial charge in [-0.1, -0.05) is 28.1 Å². The first-order valence-electron chi connectivity index (χ1n) is 6.39. The maximum Gasteiger partial charge on any atom is 0.123 e. The molecule has 2 aromatic carbocycles. The molecule has 0 saturated carbocycles. The summed E-state index contributed by atoms with van der Waals surface area (Å²) in [5, 5.41) is 10.5. The smallest absolute Gasteiger partial charge is 0.123 e. The maximum absolute atomic E-state index is 13.3. The Morgan fingerprint density at radius 3 is 2.60 bits per heavy atom. The minimum Gasteiger partial charge on any atom is -0.494 e. The fourth-order valence-corrected chi connectivity index (χ4v) is 2.63.